The van der Waals surface area contributed by atoms with Crippen LogP contribution < -0.4 is 10.5 Å². The number of hydrogen-bond donors (Lipinski definition) is 2. The Hall–Kier alpha value is -0.470. The highest BCUT2D eigenvalue weighted by Gasteiger charge is 2.33. The maximum atomic E-state index is 12.1. The first-order chi connectivity index (χ1) is 8.46. The first kappa shape index (κ1) is 14.0. The van der Waals surface area contributed by atoms with Crippen molar-refractivity contribution in [3.63, 3.8) is 0 Å². The number of thiophene rings is 1. The fourth-order valence-electron chi connectivity index (χ4n) is 1.96. The summed E-state index contributed by atoms with van der Waals surface area (Å²) < 4.78 is 32.4. The van der Waals surface area contributed by atoms with Crippen molar-refractivity contribution in [3.05, 3.63) is 16.5 Å². The molecule has 1 saturated carbocycles. The molecule has 0 bridgehead atoms. The van der Waals surface area contributed by atoms with E-state index in [4.69, 9.17) is 10.5 Å². The minimum absolute atomic E-state index is 0.0105. The standard InChI is InChI=1S/C11H18N2O3S2/c1-7-3-11(17-10(7)6-12)18(14,15)13-8-4-9(5-8)16-2/h3,8-9,13H,4-6,12H2,1-2H3. The third-order valence-electron chi connectivity index (χ3n) is 3.20. The van der Waals surface area contributed by atoms with Crippen LogP contribution in [0.2, 0.25) is 0 Å². The van der Waals surface area contributed by atoms with Gasteiger partial charge in [-0.25, -0.2) is 13.1 Å². The highest BCUT2D eigenvalue weighted by molar-refractivity contribution is 7.91. The zero-order valence-corrected chi connectivity index (χ0v) is 12.1. The van der Waals surface area contributed by atoms with Gasteiger partial charge in [-0.15, -0.1) is 11.3 Å². The first-order valence-electron chi connectivity index (χ1n) is 5.80. The number of ether oxygens (including phenoxy) is 1. The number of nitrogens with one attached hydrogen (secondary N) is 1. The zero-order valence-electron chi connectivity index (χ0n) is 10.5. The van der Waals surface area contributed by atoms with Crippen LogP contribution in [0.15, 0.2) is 10.3 Å². The fraction of sp³-hybridized carbons (Fsp3) is 0.636. The maximum Gasteiger partial charge on any atom is 0.250 e. The Kier molecular flexibility index (Phi) is 4.08. The second-order valence-corrected chi connectivity index (χ2v) is 7.60. The van der Waals surface area contributed by atoms with Gasteiger partial charge >= 0.3 is 0 Å². The minimum atomic E-state index is -3.41. The van der Waals surface area contributed by atoms with Crippen LogP contribution in [0.4, 0.5) is 0 Å². The molecule has 0 aromatic carbocycles. The molecule has 1 aromatic heterocycles. The van der Waals surface area contributed by atoms with Crippen LogP contribution in [-0.4, -0.2) is 27.7 Å². The van der Waals surface area contributed by atoms with E-state index in [1.54, 1.807) is 13.2 Å². The number of rotatable bonds is 5. The van der Waals surface area contributed by atoms with E-state index in [0.29, 0.717) is 10.8 Å². The van der Waals surface area contributed by atoms with Crippen molar-refractivity contribution in [3.8, 4) is 0 Å². The molecule has 0 unspecified atom stereocenters. The fourth-order valence-corrected chi connectivity index (χ4v) is 4.70. The van der Waals surface area contributed by atoms with Gasteiger partial charge in [-0.05, 0) is 31.4 Å². The molecule has 5 nitrogen and oxygen atoms in total. The number of aryl methyl sites for hydroxylation is 1. The lowest BCUT2D eigenvalue weighted by atomic mass is 9.90. The molecule has 7 heteroatoms. The number of methoxy groups -OCH3 is 1. The topological polar surface area (TPSA) is 81.4 Å². The van der Waals surface area contributed by atoms with Gasteiger partial charge in [-0.2, -0.15) is 0 Å². The van der Waals surface area contributed by atoms with Crippen LogP contribution in [0, 0.1) is 6.92 Å². The quantitative estimate of drug-likeness (QED) is 0.846. The third kappa shape index (κ3) is 2.75. The van der Waals surface area contributed by atoms with E-state index in [0.717, 1.165) is 23.3 Å². The highest BCUT2D eigenvalue weighted by atomic mass is 32.2. The van der Waals surface area contributed by atoms with E-state index in [1.165, 1.54) is 11.3 Å². The van der Waals surface area contributed by atoms with Crippen molar-refractivity contribution in [1.82, 2.24) is 4.72 Å². The van der Waals surface area contributed by atoms with Gasteiger partial charge in [-0.3, -0.25) is 0 Å². The molecule has 2 rings (SSSR count). The summed E-state index contributed by atoms with van der Waals surface area (Å²) in [4.78, 5) is 0.916. The third-order valence-corrected chi connectivity index (χ3v) is 6.45. The molecule has 0 aliphatic heterocycles. The number of nitrogens with two attached hydrogens (primary N) is 1. The van der Waals surface area contributed by atoms with Gasteiger partial charge in [0.15, 0.2) is 0 Å². The molecule has 18 heavy (non-hydrogen) atoms. The van der Waals surface area contributed by atoms with Crippen LogP contribution in [0.25, 0.3) is 0 Å². The second kappa shape index (κ2) is 5.26. The lowest BCUT2D eigenvalue weighted by Gasteiger charge is -2.34. The summed E-state index contributed by atoms with van der Waals surface area (Å²) in [6, 6.07) is 1.67. The molecule has 0 radical (unpaired) electrons. The maximum absolute atomic E-state index is 12.1. The van der Waals surface area contributed by atoms with E-state index < -0.39 is 10.0 Å². The lowest BCUT2D eigenvalue weighted by molar-refractivity contribution is 0.0236. The van der Waals surface area contributed by atoms with Gasteiger partial charge in [0.25, 0.3) is 0 Å². The van der Waals surface area contributed by atoms with Gasteiger partial charge in [0, 0.05) is 24.6 Å². The van der Waals surface area contributed by atoms with Crippen LogP contribution in [0.1, 0.15) is 23.3 Å². The van der Waals surface area contributed by atoms with E-state index in [1.807, 2.05) is 6.92 Å². The Labute approximate surface area is 111 Å². The van der Waals surface area contributed by atoms with Gasteiger partial charge in [-0.1, -0.05) is 0 Å². The van der Waals surface area contributed by atoms with Crippen molar-refractivity contribution in [2.45, 2.75) is 42.7 Å². The molecule has 1 aromatic rings. The lowest BCUT2D eigenvalue weighted by Crippen LogP contribution is -2.47. The zero-order chi connectivity index (χ0) is 13.3. The Morgan fingerprint density at radius 1 is 1.56 bits per heavy atom. The summed E-state index contributed by atoms with van der Waals surface area (Å²) in [7, 11) is -1.76. The van der Waals surface area contributed by atoms with Gasteiger partial charge < -0.3 is 10.5 Å². The van der Waals surface area contributed by atoms with Crippen LogP contribution in [0.5, 0.6) is 0 Å². The van der Waals surface area contributed by atoms with Crippen LogP contribution in [0.3, 0.4) is 0 Å². The summed E-state index contributed by atoms with van der Waals surface area (Å²) in [6.45, 7) is 2.25. The smallest absolute Gasteiger partial charge is 0.250 e. The van der Waals surface area contributed by atoms with Crippen LogP contribution in [-0.2, 0) is 21.3 Å². The predicted molar refractivity (Wildman–Crippen MR) is 71.1 cm³/mol. The molecule has 0 saturated heterocycles. The Morgan fingerprint density at radius 2 is 2.22 bits per heavy atom. The molecule has 0 spiro atoms. The van der Waals surface area contributed by atoms with Gasteiger partial charge in [0.1, 0.15) is 4.21 Å². The molecule has 1 aliphatic rings. The van der Waals surface area contributed by atoms with Crippen molar-refractivity contribution in [2.75, 3.05) is 7.11 Å². The van der Waals surface area contributed by atoms with E-state index in [-0.39, 0.29) is 12.1 Å². The normalized spacial score (nSPS) is 23.9. The molecule has 102 valence electrons. The van der Waals surface area contributed by atoms with E-state index in [2.05, 4.69) is 4.72 Å². The summed E-state index contributed by atoms with van der Waals surface area (Å²) in [5, 5.41) is 0. The minimum Gasteiger partial charge on any atom is -0.381 e. The summed E-state index contributed by atoms with van der Waals surface area (Å²) >= 11 is 1.24. The molecule has 1 fully saturated rings. The SMILES string of the molecule is COC1CC(NS(=O)(=O)c2cc(C)c(CN)s2)C1. The Morgan fingerprint density at radius 3 is 2.72 bits per heavy atom. The largest absolute Gasteiger partial charge is 0.381 e. The molecule has 3 N–H and O–H groups in total. The van der Waals surface area contributed by atoms with E-state index >= 15 is 0 Å². The van der Waals surface area contributed by atoms with Crippen LogP contribution >= 0.6 is 11.3 Å². The highest BCUT2D eigenvalue weighted by Crippen LogP contribution is 2.28. The van der Waals surface area contributed by atoms with Crippen molar-refractivity contribution in [2.24, 2.45) is 5.73 Å². The van der Waals surface area contributed by atoms with Crippen molar-refractivity contribution in [1.29, 1.82) is 0 Å². The molecular formula is C11H18N2O3S2. The summed E-state index contributed by atoms with van der Waals surface area (Å²) in [5.74, 6) is 0. The second-order valence-electron chi connectivity index (χ2n) is 4.52. The van der Waals surface area contributed by atoms with Gasteiger partial charge in [0.05, 0.1) is 6.10 Å². The summed E-state index contributed by atoms with van der Waals surface area (Å²) in [5.41, 5.74) is 6.50. The number of hydrogen-bond acceptors (Lipinski definition) is 5. The summed E-state index contributed by atoms with van der Waals surface area (Å²) in [6.07, 6.45) is 1.66. The average molecular weight is 290 g/mol. The molecule has 1 heterocycles. The molecular weight excluding hydrogens is 272 g/mol. The molecule has 0 atom stereocenters. The van der Waals surface area contributed by atoms with E-state index in [9.17, 15) is 8.42 Å². The Balaban J connectivity index is 2.06. The predicted octanol–water partition coefficient (Wildman–Crippen LogP) is 0.971. The molecule has 1 aliphatic carbocycles. The van der Waals surface area contributed by atoms with Crippen molar-refractivity contribution < 1.29 is 13.2 Å². The Bertz CT molecular complexity index is 518. The average Bonchev–Trinajstić information content (AvgIpc) is 2.65. The van der Waals surface area contributed by atoms with Gasteiger partial charge in [0.2, 0.25) is 10.0 Å². The number of sulfonamides is 1. The monoisotopic (exact) mass is 290 g/mol. The molecule has 0 amide bonds. The van der Waals surface area contributed by atoms with Crippen molar-refractivity contribution >= 4 is 21.4 Å². The first-order valence-corrected chi connectivity index (χ1v) is 8.10.